The first-order valence-corrected chi connectivity index (χ1v) is 10.8. The van der Waals surface area contributed by atoms with Crippen LogP contribution >= 0.6 is 0 Å². The Bertz CT molecular complexity index is 1250. The van der Waals surface area contributed by atoms with Gasteiger partial charge in [-0.1, -0.05) is 24.3 Å². The number of hydrogen-bond acceptors (Lipinski definition) is 5. The molecule has 2 aliphatic rings. The highest BCUT2D eigenvalue weighted by Gasteiger charge is 2.44. The summed E-state index contributed by atoms with van der Waals surface area (Å²) in [6.07, 6.45) is 1.63. The van der Waals surface area contributed by atoms with Gasteiger partial charge in [-0.2, -0.15) is 5.10 Å². The van der Waals surface area contributed by atoms with Crippen LogP contribution in [0.15, 0.2) is 58.1 Å². The van der Waals surface area contributed by atoms with Crippen molar-refractivity contribution in [1.29, 1.82) is 0 Å². The number of methoxy groups -OCH3 is 1. The number of benzene rings is 2. The van der Waals surface area contributed by atoms with Crippen molar-refractivity contribution >= 4 is 0 Å². The van der Waals surface area contributed by atoms with Gasteiger partial charge in [-0.15, -0.1) is 0 Å². The second-order valence-corrected chi connectivity index (χ2v) is 8.88. The van der Waals surface area contributed by atoms with Gasteiger partial charge in [-0.25, -0.2) is 9.07 Å². The Morgan fingerprint density at radius 3 is 2.38 bits per heavy atom. The third-order valence-corrected chi connectivity index (χ3v) is 6.57. The summed E-state index contributed by atoms with van der Waals surface area (Å²) in [7, 11) is 1.66. The van der Waals surface area contributed by atoms with Crippen molar-refractivity contribution in [2.75, 3.05) is 20.2 Å². The number of halogens is 1. The molecule has 0 bridgehead atoms. The van der Waals surface area contributed by atoms with Crippen LogP contribution in [-0.4, -0.2) is 39.4 Å². The molecule has 0 aliphatic carbocycles. The van der Waals surface area contributed by atoms with Crippen LogP contribution in [0.2, 0.25) is 0 Å². The zero-order valence-corrected chi connectivity index (χ0v) is 18.0. The van der Waals surface area contributed by atoms with Gasteiger partial charge < -0.3 is 4.74 Å². The normalized spacial score (nSPS) is 20.1. The zero-order valence-electron chi connectivity index (χ0n) is 18.0. The minimum absolute atomic E-state index is 0.0763. The van der Waals surface area contributed by atoms with Gasteiger partial charge in [0, 0.05) is 31.5 Å². The molecule has 2 aromatic carbocycles. The summed E-state index contributed by atoms with van der Waals surface area (Å²) in [5.74, 6) is 1.15. The smallest absolute Gasteiger partial charge is 0.332 e. The first-order valence-electron chi connectivity index (χ1n) is 10.8. The van der Waals surface area contributed by atoms with Crippen molar-refractivity contribution in [1.82, 2.24) is 19.2 Å². The SMILES string of the molecule is COc1ccc(CN2CC[C@@]3(Cc4nn(Cc5ccc(F)cc5)c(=O)c(=O)n4C3)C2)cc1. The van der Waals surface area contributed by atoms with Gasteiger partial charge in [0.1, 0.15) is 17.4 Å². The van der Waals surface area contributed by atoms with E-state index in [1.807, 2.05) is 12.1 Å². The molecule has 1 spiro atoms. The molecule has 0 amide bonds. The van der Waals surface area contributed by atoms with E-state index in [2.05, 4.69) is 22.1 Å². The van der Waals surface area contributed by atoms with E-state index in [4.69, 9.17) is 4.74 Å². The highest BCUT2D eigenvalue weighted by atomic mass is 19.1. The molecule has 1 aromatic heterocycles. The maximum absolute atomic E-state index is 13.2. The van der Waals surface area contributed by atoms with E-state index in [1.54, 1.807) is 23.8 Å². The average molecular weight is 436 g/mol. The largest absolute Gasteiger partial charge is 0.497 e. The highest BCUT2D eigenvalue weighted by Crippen LogP contribution is 2.39. The van der Waals surface area contributed by atoms with Gasteiger partial charge >= 0.3 is 11.1 Å². The van der Waals surface area contributed by atoms with Crippen LogP contribution in [0.1, 0.15) is 23.4 Å². The van der Waals surface area contributed by atoms with Crippen LogP contribution < -0.4 is 15.9 Å². The van der Waals surface area contributed by atoms with Crippen LogP contribution in [0, 0.1) is 11.2 Å². The van der Waals surface area contributed by atoms with Crippen LogP contribution in [0.5, 0.6) is 5.75 Å². The lowest BCUT2D eigenvalue weighted by molar-refractivity contribution is 0.246. The number of aromatic nitrogens is 3. The van der Waals surface area contributed by atoms with Crippen LogP contribution in [0.25, 0.3) is 0 Å². The number of likely N-dealkylation sites (tertiary alicyclic amines) is 1. The first-order chi connectivity index (χ1) is 15.4. The lowest BCUT2D eigenvalue weighted by Crippen LogP contribution is -2.43. The molecule has 7 nitrogen and oxygen atoms in total. The van der Waals surface area contributed by atoms with E-state index in [0.29, 0.717) is 18.8 Å². The van der Waals surface area contributed by atoms with Crippen molar-refractivity contribution in [2.24, 2.45) is 5.41 Å². The molecule has 1 saturated heterocycles. The summed E-state index contributed by atoms with van der Waals surface area (Å²) < 4.78 is 21.2. The van der Waals surface area contributed by atoms with Crippen molar-refractivity contribution in [3.63, 3.8) is 0 Å². The summed E-state index contributed by atoms with van der Waals surface area (Å²) in [4.78, 5) is 27.8. The number of nitrogens with zero attached hydrogens (tertiary/aromatic N) is 4. The molecular formula is C24H25FN4O3. The Balaban J connectivity index is 1.33. The van der Waals surface area contributed by atoms with Crippen molar-refractivity contribution in [3.8, 4) is 5.75 Å². The molecule has 3 heterocycles. The molecule has 5 rings (SSSR count). The van der Waals surface area contributed by atoms with Crippen molar-refractivity contribution in [2.45, 2.75) is 32.5 Å². The number of ether oxygens (including phenoxy) is 1. The number of hydrogen-bond donors (Lipinski definition) is 0. The van der Waals surface area contributed by atoms with E-state index in [1.165, 1.54) is 22.4 Å². The van der Waals surface area contributed by atoms with Crippen LogP contribution in [-0.2, 0) is 26.1 Å². The predicted octanol–water partition coefficient (Wildman–Crippen LogP) is 2.05. The summed E-state index contributed by atoms with van der Waals surface area (Å²) in [6.45, 7) is 3.31. The quantitative estimate of drug-likeness (QED) is 0.573. The molecule has 3 aromatic rings. The van der Waals surface area contributed by atoms with E-state index in [0.717, 1.165) is 37.4 Å². The van der Waals surface area contributed by atoms with Gasteiger partial charge in [0.15, 0.2) is 0 Å². The fourth-order valence-corrected chi connectivity index (χ4v) is 4.90. The summed E-state index contributed by atoms with van der Waals surface area (Å²) in [6, 6.07) is 13.9. The molecule has 2 aliphatic heterocycles. The van der Waals surface area contributed by atoms with E-state index >= 15 is 0 Å². The molecule has 32 heavy (non-hydrogen) atoms. The van der Waals surface area contributed by atoms with Crippen molar-refractivity contribution < 1.29 is 9.13 Å². The second kappa shape index (κ2) is 8.02. The molecule has 1 fully saturated rings. The number of fused-ring (bicyclic) bond motifs is 1. The molecule has 0 N–H and O–H groups in total. The van der Waals surface area contributed by atoms with Gasteiger partial charge in [0.05, 0.1) is 13.7 Å². The van der Waals surface area contributed by atoms with E-state index in [9.17, 15) is 14.0 Å². The summed E-state index contributed by atoms with van der Waals surface area (Å²) in [5.41, 5.74) is 0.704. The first kappa shape index (κ1) is 20.6. The summed E-state index contributed by atoms with van der Waals surface area (Å²) >= 11 is 0. The Morgan fingerprint density at radius 1 is 0.969 bits per heavy atom. The number of rotatable bonds is 5. The van der Waals surface area contributed by atoms with Crippen LogP contribution in [0.4, 0.5) is 4.39 Å². The minimum atomic E-state index is -0.636. The lowest BCUT2D eigenvalue weighted by Gasteiger charge is -2.22. The second-order valence-electron chi connectivity index (χ2n) is 8.88. The van der Waals surface area contributed by atoms with Crippen LogP contribution in [0.3, 0.4) is 0 Å². The van der Waals surface area contributed by atoms with Gasteiger partial charge in [0.25, 0.3) is 0 Å². The predicted molar refractivity (Wildman–Crippen MR) is 117 cm³/mol. The van der Waals surface area contributed by atoms with Crippen molar-refractivity contribution in [3.05, 3.63) is 92.0 Å². The molecule has 1 atom stereocenters. The minimum Gasteiger partial charge on any atom is -0.497 e. The fourth-order valence-electron chi connectivity index (χ4n) is 4.90. The standard InChI is InChI=1S/C24H25FN4O3/c1-32-20-8-4-17(5-9-20)13-27-11-10-24(15-27)12-21-26-29(23(31)22(30)28(21)16-24)14-18-2-6-19(25)7-3-18/h2-9H,10-16H2,1H3/t24-/m1/s1. The molecule has 8 heteroatoms. The zero-order chi connectivity index (χ0) is 22.3. The Labute approximate surface area is 184 Å². The average Bonchev–Trinajstić information content (AvgIpc) is 3.36. The maximum atomic E-state index is 13.2. The maximum Gasteiger partial charge on any atom is 0.332 e. The fraction of sp³-hybridized carbons (Fsp3) is 0.375. The summed E-state index contributed by atoms with van der Waals surface area (Å²) in [5, 5.41) is 4.52. The molecular weight excluding hydrogens is 411 g/mol. The molecule has 0 unspecified atom stereocenters. The van der Waals surface area contributed by atoms with Gasteiger partial charge in [-0.05, 0) is 48.4 Å². The van der Waals surface area contributed by atoms with Gasteiger partial charge in [-0.3, -0.25) is 19.1 Å². The third-order valence-electron chi connectivity index (χ3n) is 6.57. The van der Waals surface area contributed by atoms with E-state index < -0.39 is 11.1 Å². The topological polar surface area (TPSA) is 69.4 Å². The van der Waals surface area contributed by atoms with E-state index in [-0.39, 0.29) is 17.8 Å². The Morgan fingerprint density at radius 2 is 1.66 bits per heavy atom. The lowest BCUT2D eigenvalue weighted by atomic mass is 9.86. The molecule has 166 valence electrons. The Kier molecular flexibility index (Phi) is 5.17. The Hall–Kier alpha value is -3.26. The van der Waals surface area contributed by atoms with Gasteiger partial charge in [0.2, 0.25) is 0 Å². The highest BCUT2D eigenvalue weighted by molar-refractivity contribution is 5.27. The molecule has 0 saturated carbocycles. The third kappa shape index (κ3) is 3.86. The molecule has 0 radical (unpaired) electrons. The monoisotopic (exact) mass is 436 g/mol.